The maximum absolute atomic E-state index is 12.0. The number of H-pyrrole nitrogens is 1. The van der Waals surface area contributed by atoms with Crippen LogP contribution < -0.4 is 10.9 Å². The summed E-state index contributed by atoms with van der Waals surface area (Å²) in [6.07, 6.45) is 0.620. The number of hydrogen-bond donors (Lipinski definition) is 2. The molecule has 2 heterocycles. The average molecular weight is 272 g/mol. The normalized spacial score (nSPS) is 13.8. The summed E-state index contributed by atoms with van der Waals surface area (Å²) in [6, 6.07) is 6.24. The van der Waals surface area contributed by atoms with Gasteiger partial charge in [0.25, 0.3) is 11.2 Å². The predicted molar refractivity (Wildman–Crippen MR) is 72.4 cm³/mol. The molecule has 1 aromatic heterocycles. The third kappa shape index (κ3) is 2.08. The molecule has 0 saturated heterocycles. The maximum atomic E-state index is 12.0. The molecular formula is C13H12N4O3. The van der Waals surface area contributed by atoms with Crippen molar-refractivity contribution in [3.05, 3.63) is 56.0 Å². The van der Waals surface area contributed by atoms with Gasteiger partial charge in [-0.15, -0.1) is 0 Å². The lowest BCUT2D eigenvalue weighted by Crippen LogP contribution is -2.31. The van der Waals surface area contributed by atoms with E-state index in [0.29, 0.717) is 29.8 Å². The smallest absolute Gasteiger partial charge is 0.280 e. The van der Waals surface area contributed by atoms with Crippen molar-refractivity contribution in [2.45, 2.75) is 13.0 Å². The molecule has 2 N–H and O–H groups in total. The summed E-state index contributed by atoms with van der Waals surface area (Å²) in [4.78, 5) is 29.6. The van der Waals surface area contributed by atoms with Gasteiger partial charge >= 0.3 is 0 Å². The Morgan fingerprint density at radius 3 is 2.90 bits per heavy atom. The Kier molecular flexibility index (Phi) is 3.03. The van der Waals surface area contributed by atoms with Crippen LogP contribution in [0.15, 0.2) is 29.1 Å². The monoisotopic (exact) mass is 272 g/mol. The number of fused-ring (bicyclic) bond motifs is 1. The Balaban J connectivity index is 2.19. The topological polar surface area (TPSA) is 101 Å². The van der Waals surface area contributed by atoms with Crippen molar-refractivity contribution >= 4 is 5.69 Å². The molecule has 0 unspecified atom stereocenters. The van der Waals surface area contributed by atoms with E-state index in [0.717, 1.165) is 6.54 Å². The van der Waals surface area contributed by atoms with Crippen molar-refractivity contribution in [1.29, 1.82) is 0 Å². The molecule has 0 atom stereocenters. The molecule has 0 radical (unpaired) electrons. The van der Waals surface area contributed by atoms with Crippen LogP contribution in [-0.4, -0.2) is 21.4 Å². The quantitative estimate of drug-likeness (QED) is 0.627. The lowest BCUT2D eigenvalue weighted by atomic mass is 10.1. The number of nitro benzene ring substituents is 1. The number of nitro groups is 1. The van der Waals surface area contributed by atoms with Crippen molar-refractivity contribution in [3.63, 3.8) is 0 Å². The number of hydrogen-bond acceptors (Lipinski definition) is 5. The lowest BCUT2D eigenvalue weighted by molar-refractivity contribution is -0.384. The first-order valence-electron chi connectivity index (χ1n) is 6.23. The first-order chi connectivity index (χ1) is 9.66. The second-order valence-electron chi connectivity index (χ2n) is 4.54. The molecule has 0 amide bonds. The number of nitrogens with zero attached hydrogens (tertiary/aromatic N) is 2. The van der Waals surface area contributed by atoms with Crippen LogP contribution in [0.5, 0.6) is 0 Å². The highest BCUT2D eigenvalue weighted by molar-refractivity contribution is 5.67. The van der Waals surface area contributed by atoms with Crippen LogP contribution in [0.3, 0.4) is 0 Å². The average Bonchev–Trinajstić information content (AvgIpc) is 2.47. The third-order valence-corrected chi connectivity index (χ3v) is 3.30. The zero-order valence-electron chi connectivity index (χ0n) is 10.5. The van der Waals surface area contributed by atoms with Crippen LogP contribution in [0, 0.1) is 10.1 Å². The molecule has 0 saturated carbocycles. The van der Waals surface area contributed by atoms with Crippen molar-refractivity contribution in [1.82, 2.24) is 15.3 Å². The standard InChI is InChI=1S/C13H12N4O3/c18-13-8-5-6-14-7-10(8)15-12(16-13)9-3-1-2-4-11(9)17(19)20/h1-4,14H,5-7H2,(H,15,16,18). The van der Waals surface area contributed by atoms with E-state index in [-0.39, 0.29) is 17.1 Å². The summed E-state index contributed by atoms with van der Waals surface area (Å²) in [5.74, 6) is 0.241. The minimum absolute atomic E-state index is 0.0700. The van der Waals surface area contributed by atoms with Gasteiger partial charge in [0, 0.05) is 18.2 Å². The van der Waals surface area contributed by atoms with Crippen LogP contribution in [0.25, 0.3) is 11.4 Å². The summed E-state index contributed by atoms with van der Waals surface area (Å²) in [5.41, 5.74) is 1.35. The van der Waals surface area contributed by atoms with E-state index in [1.54, 1.807) is 18.2 Å². The Labute approximate surface area is 113 Å². The van der Waals surface area contributed by atoms with E-state index in [1.165, 1.54) is 6.07 Å². The van der Waals surface area contributed by atoms with Gasteiger partial charge in [-0.25, -0.2) is 4.98 Å². The fourth-order valence-electron chi connectivity index (χ4n) is 2.33. The highest BCUT2D eigenvalue weighted by atomic mass is 16.6. The lowest BCUT2D eigenvalue weighted by Gasteiger charge is -2.15. The van der Waals surface area contributed by atoms with E-state index in [2.05, 4.69) is 15.3 Å². The van der Waals surface area contributed by atoms with Gasteiger partial charge in [0.15, 0.2) is 0 Å². The Morgan fingerprint density at radius 1 is 1.30 bits per heavy atom. The molecule has 0 aliphatic carbocycles. The van der Waals surface area contributed by atoms with Gasteiger partial charge in [0.1, 0.15) is 5.82 Å². The first-order valence-corrected chi connectivity index (χ1v) is 6.23. The summed E-state index contributed by atoms with van der Waals surface area (Å²) in [5, 5.41) is 14.2. The molecule has 0 spiro atoms. The third-order valence-electron chi connectivity index (χ3n) is 3.30. The maximum Gasteiger partial charge on any atom is 0.280 e. The van der Waals surface area contributed by atoms with Crippen molar-refractivity contribution < 1.29 is 4.92 Å². The van der Waals surface area contributed by atoms with E-state index in [1.807, 2.05) is 0 Å². The Hall–Kier alpha value is -2.54. The molecule has 7 heteroatoms. The minimum atomic E-state index is -0.479. The summed E-state index contributed by atoms with van der Waals surface area (Å²) >= 11 is 0. The number of aromatic amines is 1. The molecular weight excluding hydrogens is 260 g/mol. The van der Waals surface area contributed by atoms with E-state index in [9.17, 15) is 14.9 Å². The highest BCUT2D eigenvalue weighted by Crippen LogP contribution is 2.26. The van der Waals surface area contributed by atoms with Crippen LogP contribution in [-0.2, 0) is 13.0 Å². The van der Waals surface area contributed by atoms with Crippen molar-refractivity contribution in [3.8, 4) is 11.4 Å². The summed E-state index contributed by atoms with van der Waals surface area (Å²) < 4.78 is 0. The van der Waals surface area contributed by atoms with Crippen LogP contribution in [0.4, 0.5) is 5.69 Å². The predicted octanol–water partition coefficient (Wildman–Crippen LogP) is 0.991. The number of benzene rings is 1. The number of nitrogens with one attached hydrogen (secondary N) is 2. The number of para-hydroxylation sites is 1. The molecule has 2 aromatic rings. The van der Waals surface area contributed by atoms with Crippen LogP contribution >= 0.6 is 0 Å². The number of aromatic nitrogens is 2. The van der Waals surface area contributed by atoms with E-state index >= 15 is 0 Å². The number of rotatable bonds is 2. The Morgan fingerprint density at radius 2 is 2.10 bits per heavy atom. The van der Waals surface area contributed by atoms with E-state index < -0.39 is 4.92 Å². The SMILES string of the molecule is O=c1[nH]c(-c2ccccc2[N+](=O)[O-])nc2c1CCNC2. The molecule has 102 valence electrons. The first kappa shape index (κ1) is 12.5. The zero-order chi connectivity index (χ0) is 14.1. The molecule has 20 heavy (non-hydrogen) atoms. The zero-order valence-corrected chi connectivity index (χ0v) is 10.5. The van der Waals surface area contributed by atoms with E-state index in [4.69, 9.17) is 0 Å². The van der Waals surface area contributed by atoms with Crippen LogP contribution in [0.2, 0.25) is 0 Å². The van der Waals surface area contributed by atoms with Gasteiger partial charge in [-0.1, -0.05) is 12.1 Å². The van der Waals surface area contributed by atoms with Gasteiger partial charge in [-0.3, -0.25) is 14.9 Å². The molecule has 0 bridgehead atoms. The van der Waals surface area contributed by atoms with Gasteiger partial charge in [0.05, 0.1) is 16.2 Å². The van der Waals surface area contributed by atoms with Crippen molar-refractivity contribution in [2.75, 3.05) is 6.54 Å². The van der Waals surface area contributed by atoms with Crippen molar-refractivity contribution in [2.24, 2.45) is 0 Å². The fraction of sp³-hybridized carbons (Fsp3) is 0.231. The van der Waals surface area contributed by atoms with Crippen LogP contribution in [0.1, 0.15) is 11.3 Å². The molecule has 1 aliphatic rings. The van der Waals surface area contributed by atoms with Gasteiger partial charge in [-0.05, 0) is 19.0 Å². The summed E-state index contributed by atoms with van der Waals surface area (Å²) in [7, 11) is 0. The second-order valence-corrected chi connectivity index (χ2v) is 4.54. The van der Waals surface area contributed by atoms with Gasteiger partial charge in [-0.2, -0.15) is 0 Å². The molecule has 7 nitrogen and oxygen atoms in total. The van der Waals surface area contributed by atoms with Gasteiger partial charge < -0.3 is 10.3 Å². The van der Waals surface area contributed by atoms with Gasteiger partial charge in [0.2, 0.25) is 0 Å². The fourth-order valence-corrected chi connectivity index (χ4v) is 2.33. The second kappa shape index (κ2) is 4.86. The molecule has 1 aromatic carbocycles. The molecule has 3 rings (SSSR count). The molecule has 1 aliphatic heterocycles. The molecule has 0 fully saturated rings. The Bertz CT molecular complexity index is 739. The summed E-state index contributed by atoms with van der Waals surface area (Å²) in [6.45, 7) is 1.25. The largest absolute Gasteiger partial charge is 0.311 e. The highest BCUT2D eigenvalue weighted by Gasteiger charge is 2.20. The minimum Gasteiger partial charge on any atom is -0.311 e.